The Hall–Kier alpha value is -1.40. The smallest absolute Gasteiger partial charge is 0.197 e. The van der Waals surface area contributed by atoms with Gasteiger partial charge >= 0.3 is 0 Å². The first kappa shape index (κ1) is 14.7. The largest absolute Gasteiger partial charge is 0.379 e. The van der Waals surface area contributed by atoms with Crippen LogP contribution >= 0.6 is 24.0 Å². The highest BCUT2D eigenvalue weighted by Gasteiger charge is 1.97. The molecule has 6 heteroatoms. The molecule has 2 heterocycles. The molecule has 2 rings (SSSR count). The summed E-state index contributed by atoms with van der Waals surface area (Å²) in [6, 6.07) is 1.83. The molecule has 18 heavy (non-hydrogen) atoms. The second-order valence-corrected chi connectivity index (χ2v) is 4.90. The van der Waals surface area contributed by atoms with Gasteiger partial charge in [0, 0.05) is 18.0 Å². The lowest BCUT2D eigenvalue weighted by molar-refractivity contribution is 0.936. The minimum absolute atomic E-state index is 0.456. The van der Waals surface area contributed by atoms with Gasteiger partial charge in [0.25, 0.3) is 0 Å². The Morgan fingerprint density at radius 3 is 2.67 bits per heavy atom. The van der Waals surface area contributed by atoms with Crippen molar-refractivity contribution in [1.29, 1.82) is 0 Å². The average molecular weight is 280 g/mol. The molecular weight excluding hydrogens is 264 g/mol. The molecule has 96 valence electrons. The van der Waals surface area contributed by atoms with E-state index in [1.165, 1.54) is 6.42 Å². The molecule has 0 saturated carbocycles. The van der Waals surface area contributed by atoms with E-state index in [1.807, 2.05) is 6.07 Å². The SMILES string of the molecule is C=Cc1cc(C=C)[nH]c(=S)n1.NC1=NCCCS1. The standard InChI is InChI=1S/C8H8N2S.C4H8N2S/c1-3-6-5-7(4-2)10-8(11)9-6;5-4-6-2-1-3-7-4/h3-5H,1-2H2,(H,9,10,11);1-3H2,(H2,5,6). The van der Waals surface area contributed by atoms with Crippen molar-refractivity contribution in [3.63, 3.8) is 0 Å². The third-order valence-corrected chi connectivity index (χ3v) is 3.15. The van der Waals surface area contributed by atoms with Crippen LogP contribution in [0.4, 0.5) is 0 Å². The maximum absolute atomic E-state index is 5.35. The van der Waals surface area contributed by atoms with Gasteiger partial charge in [-0.2, -0.15) is 0 Å². The Kier molecular flexibility index (Phi) is 6.38. The Morgan fingerprint density at radius 2 is 2.22 bits per heavy atom. The summed E-state index contributed by atoms with van der Waals surface area (Å²) >= 11 is 6.50. The van der Waals surface area contributed by atoms with Crippen molar-refractivity contribution in [2.75, 3.05) is 12.3 Å². The van der Waals surface area contributed by atoms with Crippen LogP contribution in [-0.2, 0) is 0 Å². The monoisotopic (exact) mass is 280 g/mol. The molecule has 1 aliphatic heterocycles. The molecule has 3 N–H and O–H groups in total. The number of thioether (sulfide) groups is 1. The lowest BCUT2D eigenvalue weighted by Gasteiger charge is -2.04. The number of aromatic amines is 1. The first-order valence-corrected chi connectivity index (χ1v) is 6.84. The zero-order chi connectivity index (χ0) is 13.4. The molecule has 0 bridgehead atoms. The van der Waals surface area contributed by atoms with Crippen molar-refractivity contribution < 1.29 is 0 Å². The fourth-order valence-electron chi connectivity index (χ4n) is 1.19. The minimum atomic E-state index is 0.456. The number of rotatable bonds is 2. The van der Waals surface area contributed by atoms with Crippen LogP contribution in [0.1, 0.15) is 17.8 Å². The topological polar surface area (TPSA) is 67.1 Å². The molecule has 1 aliphatic rings. The van der Waals surface area contributed by atoms with Gasteiger partial charge in [-0.05, 0) is 36.9 Å². The minimum Gasteiger partial charge on any atom is -0.379 e. The van der Waals surface area contributed by atoms with Gasteiger partial charge in [0.2, 0.25) is 0 Å². The van der Waals surface area contributed by atoms with Crippen molar-refractivity contribution in [2.45, 2.75) is 6.42 Å². The van der Waals surface area contributed by atoms with Gasteiger partial charge in [0.05, 0.1) is 5.69 Å². The molecule has 4 nitrogen and oxygen atoms in total. The van der Waals surface area contributed by atoms with Crippen LogP contribution in [0.5, 0.6) is 0 Å². The molecule has 0 aliphatic carbocycles. The maximum Gasteiger partial charge on any atom is 0.197 e. The number of nitrogens with zero attached hydrogens (tertiary/aromatic N) is 2. The Morgan fingerprint density at radius 1 is 1.44 bits per heavy atom. The zero-order valence-electron chi connectivity index (χ0n) is 10.1. The van der Waals surface area contributed by atoms with Crippen molar-refractivity contribution in [3.05, 3.63) is 35.4 Å². The molecule has 0 fully saturated rings. The third-order valence-electron chi connectivity index (χ3n) is 2.03. The van der Waals surface area contributed by atoms with Crippen LogP contribution in [0, 0.1) is 4.77 Å². The van der Waals surface area contributed by atoms with Gasteiger partial charge in [-0.3, -0.25) is 4.99 Å². The molecule has 0 spiro atoms. The van der Waals surface area contributed by atoms with Gasteiger partial charge in [0.1, 0.15) is 0 Å². The summed E-state index contributed by atoms with van der Waals surface area (Å²) in [6.45, 7) is 8.13. The summed E-state index contributed by atoms with van der Waals surface area (Å²) in [4.78, 5) is 10.9. The summed E-state index contributed by atoms with van der Waals surface area (Å²) in [5, 5.41) is 0.756. The van der Waals surface area contributed by atoms with Crippen LogP contribution in [0.25, 0.3) is 12.2 Å². The van der Waals surface area contributed by atoms with Crippen molar-refractivity contribution >= 4 is 41.3 Å². The van der Waals surface area contributed by atoms with Gasteiger partial charge in [-0.25, -0.2) is 4.98 Å². The number of aliphatic imine (C=N–C) groups is 1. The quantitative estimate of drug-likeness (QED) is 0.817. The fraction of sp³-hybridized carbons (Fsp3) is 0.250. The van der Waals surface area contributed by atoms with Gasteiger partial charge in [0.15, 0.2) is 9.94 Å². The van der Waals surface area contributed by atoms with Gasteiger partial charge in [-0.1, -0.05) is 24.9 Å². The highest BCUT2D eigenvalue weighted by atomic mass is 32.2. The molecule has 0 unspecified atom stereocenters. The summed E-state index contributed by atoms with van der Waals surface area (Å²) in [7, 11) is 0. The molecule has 0 aromatic carbocycles. The van der Waals surface area contributed by atoms with E-state index < -0.39 is 0 Å². The molecule has 0 saturated heterocycles. The Balaban J connectivity index is 0.000000199. The highest BCUT2D eigenvalue weighted by Crippen LogP contribution is 2.07. The van der Waals surface area contributed by atoms with Crippen LogP contribution in [-0.4, -0.2) is 27.4 Å². The predicted octanol–water partition coefficient (Wildman–Crippen LogP) is 2.86. The number of hydrogen-bond donors (Lipinski definition) is 2. The average Bonchev–Trinajstić information content (AvgIpc) is 2.39. The Labute approximate surface area is 116 Å². The summed E-state index contributed by atoms with van der Waals surface area (Å²) in [5.41, 5.74) is 6.98. The summed E-state index contributed by atoms with van der Waals surface area (Å²) in [6.07, 6.45) is 4.52. The number of amidine groups is 1. The number of hydrogen-bond acceptors (Lipinski definition) is 5. The molecule has 0 radical (unpaired) electrons. The summed E-state index contributed by atoms with van der Waals surface area (Å²) < 4.78 is 0.456. The lowest BCUT2D eigenvalue weighted by atomic mass is 10.3. The molecule has 0 atom stereocenters. The van der Waals surface area contributed by atoms with E-state index in [1.54, 1.807) is 23.9 Å². The van der Waals surface area contributed by atoms with E-state index in [4.69, 9.17) is 18.0 Å². The zero-order valence-corrected chi connectivity index (χ0v) is 11.7. The van der Waals surface area contributed by atoms with E-state index in [9.17, 15) is 0 Å². The van der Waals surface area contributed by atoms with E-state index in [2.05, 4.69) is 28.1 Å². The van der Waals surface area contributed by atoms with Crippen LogP contribution in [0.2, 0.25) is 0 Å². The number of nitrogens with one attached hydrogen (secondary N) is 1. The van der Waals surface area contributed by atoms with Gasteiger partial charge < -0.3 is 10.7 Å². The Bertz CT molecular complexity index is 476. The van der Waals surface area contributed by atoms with Crippen LogP contribution in [0.3, 0.4) is 0 Å². The summed E-state index contributed by atoms with van der Waals surface area (Å²) in [5.74, 6) is 1.15. The second-order valence-electron chi connectivity index (χ2n) is 3.40. The first-order valence-electron chi connectivity index (χ1n) is 5.44. The third kappa shape index (κ3) is 5.29. The van der Waals surface area contributed by atoms with Gasteiger partial charge in [-0.15, -0.1) is 0 Å². The molecular formula is C12H16N4S2. The van der Waals surface area contributed by atoms with Crippen LogP contribution in [0.15, 0.2) is 24.2 Å². The van der Waals surface area contributed by atoms with Crippen molar-refractivity contribution in [2.24, 2.45) is 10.7 Å². The van der Waals surface area contributed by atoms with Crippen LogP contribution < -0.4 is 5.73 Å². The predicted molar refractivity (Wildman–Crippen MR) is 83.2 cm³/mol. The molecule has 1 aromatic rings. The number of aromatic nitrogens is 2. The number of nitrogens with two attached hydrogens (primary N) is 1. The lowest BCUT2D eigenvalue weighted by Crippen LogP contribution is -2.12. The molecule has 0 amide bonds. The fourth-order valence-corrected chi connectivity index (χ4v) is 2.08. The maximum atomic E-state index is 5.35. The van der Waals surface area contributed by atoms with E-state index >= 15 is 0 Å². The van der Waals surface area contributed by atoms with E-state index in [0.717, 1.165) is 28.9 Å². The van der Waals surface area contributed by atoms with Crippen molar-refractivity contribution in [1.82, 2.24) is 9.97 Å². The number of H-pyrrole nitrogens is 1. The van der Waals surface area contributed by atoms with E-state index in [-0.39, 0.29) is 0 Å². The second kappa shape index (κ2) is 7.84. The normalized spacial score (nSPS) is 13.9. The van der Waals surface area contributed by atoms with Crippen molar-refractivity contribution in [3.8, 4) is 0 Å². The molecule has 1 aromatic heterocycles. The highest BCUT2D eigenvalue weighted by molar-refractivity contribution is 8.13. The van der Waals surface area contributed by atoms with E-state index in [0.29, 0.717) is 4.77 Å². The first-order chi connectivity index (χ1) is 8.65.